The van der Waals surface area contributed by atoms with Crippen LogP contribution >= 0.6 is 12.2 Å². The van der Waals surface area contributed by atoms with Crippen LogP contribution in [0, 0.1) is 4.77 Å². The van der Waals surface area contributed by atoms with Crippen molar-refractivity contribution in [1.82, 2.24) is 9.97 Å². The first-order chi connectivity index (χ1) is 7.38. The summed E-state index contributed by atoms with van der Waals surface area (Å²) in [7, 11) is -4.56. The monoisotopic (exact) mass is 280 g/mol. The smallest absolute Gasteiger partial charge is 0.744 e. The average Bonchev–Trinajstić information content (AvgIpc) is 2.15. The van der Waals surface area contributed by atoms with Gasteiger partial charge in [-0.2, -0.15) is 0 Å². The van der Waals surface area contributed by atoms with Gasteiger partial charge in [-0.1, -0.05) is 0 Å². The molecule has 2 aromatic rings. The Morgan fingerprint density at radius 1 is 1.24 bits per heavy atom. The number of hydrogen-bond donors (Lipinski definition) is 2. The molecular formula is C8H5N2NaO4S2. The van der Waals surface area contributed by atoms with Gasteiger partial charge in [-0.05, 0) is 30.4 Å². The van der Waals surface area contributed by atoms with E-state index in [0.29, 0.717) is 5.52 Å². The SMILES string of the molecule is O=c1[nH]c(=S)[nH]c2ccc(S(=O)(=O)[O-])cc12.[Na+]. The number of aromatic amines is 2. The fraction of sp³-hybridized carbons (Fsp3) is 0. The van der Waals surface area contributed by atoms with Crippen LogP contribution in [-0.4, -0.2) is 22.9 Å². The predicted octanol–water partition coefficient (Wildman–Crippen LogP) is -2.51. The topological polar surface area (TPSA) is 106 Å². The number of hydrogen-bond acceptors (Lipinski definition) is 5. The summed E-state index contributed by atoms with van der Waals surface area (Å²) in [4.78, 5) is 16.0. The summed E-state index contributed by atoms with van der Waals surface area (Å²) in [6, 6.07) is 3.46. The summed E-state index contributed by atoms with van der Waals surface area (Å²) in [5, 5.41) is 0.0746. The van der Waals surface area contributed by atoms with Crippen LogP contribution in [0.2, 0.25) is 0 Å². The molecule has 2 rings (SSSR count). The van der Waals surface area contributed by atoms with Crippen molar-refractivity contribution in [3.05, 3.63) is 33.3 Å². The summed E-state index contributed by atoms with van der Waals surface area (Å²) in [5.74, 6) is 0. The Labute approximate surface area is 123 Å². The summed E-state index contributed by atoms with van der Waals surface area (Å²) in [5.41, 5.74) is -0.162. The number of benzene rings is 1. The molecule has 1 aromatic heterocycles. The number of aromatic nitrogens is 2. The summed E-state index contributed by atoms with van der Waals surface area (Å²) < 4.78 is 32.4. The second kappa shape index (κ2) is 5.01. The van der Waals surface area contributed by atoms with Gasteiger partial charge in [-0.15, -0.1) is 0 Å². The second-order valence-electron chi connectivity index (χ2n) is 3.07. The van der Waals surface area contributed by atoms with E-state index < -0.39 is 20.6 Å². The van der Waals surface area contributed by atoms with Crippen molar-refractivity contribution in [3.63, 3.8) is 0 Å². The van der Waals surface area contributed by atoms with Gasteiger partial charge in [0.15, 0.2) is 4.77 Å². The number of nitrogens with one attached hydrogen (secondary N) is 2. The molecule has 0 unspecified atom stereocenters. The molecule has 1 aromatic carbocycles. The summed E-state index contributed by atoms with van der Waals surface area (Å²) in [6.07, 6.45) is 0. The van der Waals surface area contributed by atoms with Crippen molar-refractivity contribution in [3.8, 4) is 0 Å². The molecule has 1 heterocycles. The molecule has 84 valence electrons. The molecule has 0 aliphatic rings. The minimum atomic E-state index is -4.56. The van der Waals surface area contributed by atoms with E-state index in [4.69, 9.17) is 12.2 Å². The van der Waals surface area contributed by atoms with E-state index >= 15 is 0 Å². The molecule has 2 N–H and O–H groups in total. The molecule has 0 radical (unpaired) electrons. The molecule has 0 aliphatic carbocycles. The predicted molar refractivity (Wildman–Crippen MR) is 57.7 cm³/mol. The molecule has 0 saturated carbocycles. The van der Waals surface area contributed by atoms with E-state index in [0.717, 1.165) is 12.1 Å². The van der Waals surface area contributed by atoms with E-state index in [1.165, 1.54) is 6.07 Å². The fourth-order valence-corrected chi connectivity index (χ4v) is 2.00. The maximum absolute atomic E-state index is 11.4. The van der Waals surface area contributed by atoms with Gasteiger partial charge in [0.1, 0.15) is 10.1 Å². The van der Waals surface area contributed by atoms with Crippen molar-refractivity contribution in [2.45, 2.75) is 4.90 Å². The van der Waals surface area contributed by atoms with Gasteiger partial charge < -0.3 is 9.54 Å². The van der Waals surface area contributed by atoms with Gasteiger partial charge in [0.05, 0.1) is 15.8 Å². The maximum Gasteiger partial charge on any atom is 1.00 e. The number of rotatable bonds is 1. The molecule has 0 spiro atoms. The van der Waals surface area contributed by atoms with Gasteiger partial charge in [0.2, 0.25) is 0 Å². The molecule has 0 atom stereocenters. The van der Waals surface area contributed by atoms with Crippen LogP contribution in [0.3, 0.4) is 0 Å². The van der Waals surface area contributed by atoms with E-state index in [9.17, 15) is 17.8 Å². The van der Waals surface area contributed by atoms with Crippen molar-refractivity contribution in [1.29, 1.82) is 0 Å². The van der Waals surface area contributed by atoms with E-state index in [1.54, 1.807) is 0 Å². The second-order valence-corrected chi connectivity index (χ2v) is 4.86. The van der Waals surface area contributed by atoms with Crippen LogP contribution < -0.4 is 35.1 Å². The van der Waals surface area contributed by atoms with Crippen molar-refractivity contribution < 1.29 is 42.5 Å². The largest absolute Gasteiger partial charge is 1.00 e. The maximum atomic E-state index is 11.4. The minimum absolute atomic E-state index is 0. The van der Waals surface area contributed by atoms with Crippen molar-refractivity contribution in [2.24, 2.45) is 0 Å². The Hall–Kier alpha value is -0.510. The van der Waals surface area contributed by atoms with Crippen LogP contribution in [0.5, 0.6) is 0 Å². The fourth-order valence-electron chi connectivity index (χ4n) is 1.30. The van der Waals surface area contributed by atoms with Crippen LogP contribution in [0.25, 0.3) is 10.9 Å². The Bertz CT molecular complexity index is 778. The zero-order chi connectivity index (χ0) is 11.9. The summed E-state index contributed by atoms with van der Waals surface area (Å²) >= 11 is 4.74. The third-order valence-corrected chi connectivity index (χ3v) is 3.04. The zero-order valence-corrected chi connectivity index (χ0v) is 12.3. The first-order valence-electron chi connectivity index (χ1n) is 4.10. The van der Waals surface area contributed by atoms with Crippen LogP contribution in [0.4, 0.5) is 0 Å². The molecule has 17 heavy (non-hydrogen) atoms. The average molecular weight is 280 g/mol. The Morgan fingerprint density at radius 3 is 2.47 bits per heavy atom. The van der Waals surface area contributed by atoms with Gasteiger partial charge in [0, 0.05) is 0 Å². The van der Waals surface area contributed by atoms with Crippen LogP contribution in [-0.2, 0) is 10.1 Å². The molecule has 0 saturated heterocycles. The van der Waals surface area contributed by atoms with Gasteiger partial charge in [0.25, 0.3) is 5.56 Å². The van der Waals surface area contributed by atoms with E-state index in [-0.39, 0.29) is 39.7 Å². The summed E-state index contributed by atoms with van der Waals surface area (Å²) in [6.45, 7) is 0. The number of fused-ring (bicyclic) bond motifs is 1. The standard InChI is InChI=1S/C8H6N2O4S2.Na/c11-7-5-3-4(16(12,13)14)1-2-6(5)9-8(15)10-7;/h1-3H,(H,12,13,14)(H2,9,10,11,15);/q;+1/p-1. The van der Waals surface area contributed by atoms with Gasteiger partial charge in [-0.25, -0.2) is 8.42 Å². The van der Waals surface area contributed by atoms with Crippen LogP contribution in [0.15, 0.2) is 27.9 Å². The van der Waals surface area contributed by atoms with Crippen molar-refractivity contribution >= 4 is 33.2 Å². The molecule has 0 aliphatic heterocycles. The minimum Gasteiger partial charge on any atom is -0.744 e. The Kier molecular flexibility index (Phi) is 4.28. The molecular weight excluding hydrogens is 275 g/mol. The van der Waals surface area contributed by atoms with E-state index in [2.05, 4.69) is 9.97 Å². The van der Waals surface area contributed by atoms with Crippen LogP contribution in [0.1, 0.15) is 0 Å². The molecule has 9 heteroatoms. The number of H-pyrrole nitrogens is 2. The molecule has 0 fully saturated rings. The molecule has 0 amide bonds. The Morgan fingerprint density at radius 2 is 1.88 bits per heavy atom. The Balaban J connectivity index is 0.00000144. The first kappa shape index (κ1) is 14.6. The molecule has 6 nitrogen and oxygen atoms in total. The first-order valence-corrected chi connectivity index (χ1v) is 5.92. The van der Waals surface area contributed by atoms with Gasteiger partial charge in [-0.3, -0.25) is 9.78 Å². The van der Waals surface area contributed by atoms with E-state index in [1.807, 2.05) is 0 Å². The quantitative estimate of drug-likeness (QED) is 0.341. The third-order valence-electron chi connectivity index (χ3n) is 2.00. The molecule has 0 bridgehead atoms. The van der Waals surface area contributed by atoms with Crippen molar-refractivity contribution in [2.75, 3.05) is 0 Å². The zero-order valence-electron chi connectivity index (χ0n) is 8.68. The normalized spacial score (nSPS) is 11.1. The van der Waals surface area contributed by atoms with Gasteiger partial charge >= 0.3 is 29.6 Å². The third kappa shape index (κ3) is 3.03.